The summed E-state index contributed by atoms with van der Waals surface area (Å²) >= 11 is 1.46. The van der Waals surface area contributed by atoms with E-state index in [1.165, 1.54) is 11.8 Å². The summed E-state index contributed by atoms with van der Waals surface area (Å²) in [5.74, 6) is -0.550. The second-order valence-corrected chi connectivity index (χ2v) is 9.53. The Morgan fingerprint density at radius 2 is 1.89 bits per heavy atom. The zero-order chi connectivity index (χ0) is 25.7. The first-order valence-electron chi connectivity index (χ1n) is 11.7. The number of allylic oxidation sites excluding steroid dienone is 1. The lowest BCUT2D eigenvalue weighted by Gasteiger charge is -2.37. The van der Waals surface area contributed by atoms with Crippen molar-refractivity contribution in [3.8, 4) is 0 Å². The average molecular weight is 507 g/mol. The highest BCUT2D eigenvalue weighted by molar-refractivity contribution is 8.16. The van der Waals surface area contributed by atoms with Crippen LogP contribution in [0.4, 0.5) is 0 Å². The van der Waals surface area contributed by atoms with Gasteiger partial charge in [0.1, 0.15) is 6.61 Å². The summed E-state index contributed by atoms with van der Waals surface area (Å²) in [6.07, 6.45) is 3.55. The van der Waals surface area contributed by atoms with Crippen molar-refractivity contribution in [1.29, 1.82) is 0 Å². The molecule has 36 heavy (non-hydrogen) atoms. The normalized spacial score (nSPS) is 16.9. The van der Waals surface area contributed by atoms with E-state index in [0.29, 0.717) is 24.4 Å². The maximum absolute atomic E-state index is 13.3. The number of amides is 1. The molecule has 0 spiro atoms. The van der Waals surface area contributed by atoms with Crippen molar-refractivity contribution < 1.29 is 19.1 Å². The fourth-order valence-electron chi connectivity index (χ4n) is 4.28. The lowest BCUT2D eigenvalue weighted by molar-refractivity contribution is -0.141. The summed E-state index contributed by atoms with van der Waals surface area (Å²) in [5, 5.41) is 5.65. The number of ether oxygens (including phenoxy) is 2. The number of fused-ring (bicyclic) bond motifs is 1. The summed E-state index contributed by atoms with van der Waals surface area (Å²) in [6, 6.07) is 9.44. The minimum Gasteiger partial charge on any atom is -0.460 e. The first kappa shape index (κ1) is 25.7. The monoisotopic (exact) mass is 506 g/mol. The minimum atomic E-state index is -0.456. The quantitative estimate of drug-likeness (QED) is 0.403. The van der Waals surface area contributed by atoms with E-state index in [1.807, 2.05) is 55.3 Å². The number of aromatic nitrogens is 1. The van der Waals surface area contributed by atoms with Crippen LogP contribution in [0.15, 0.2) is 70.1 Å². The van der Waals surface area contributed by atoms with Gasteiger partial charge in [-0.3, -0.25) is 9.78 Å². The molecule has 1 aromatic carbocycles. The molecule has 9 heteroatoms. The van der Waals surface area contributed by atoms with Crippen LogP contribution in [-0.2, 0) is 25.6 Å². The minimum absolute atomic E-state index is 0.116. The van der Waals surface area contributed by atoms with Gasteiger partial charge in [-0.1, -0.05) is 35.5 Å². The maximum Gasteiger partial charge on any atom is 0.338 e. The lowest BCUT2D eigenvalue weighted by atomic mass is 9.90. The number of carbonyl (C=O) groups is 2. The molecule has 188 valence electrons. The largest absolute Gasteiger partial charge is 0.460 e. The smallest absolute Gasteiger partial charge is 0.338 e. The molecule has 0 saturated heterocycles. The molecule has 2 aromatic rings. The highest BCUT2D eigenvalue weighted by Crippen LogP contribution is 2.45. The summed E-state index contributed by atoms with van der Waals surface area (Å²) < 4.78 is 10.6. The molecule has 1 atom stereocenters. The van der Waals surface area contributed by atoms with Crippen LogP contribution in [0.1, 0.15) is 41.6 Å². The average Bonchev–Trinajstić information content (AvgIpc) is 3.24. The predicted molar refractivity (Wildman–Crippen MR) is 140 cm³/mol. The molecule has 0 radical (unpaired) electrons. The molecular formula is C27H30N4O4S. The van der Waals surface area contributed by atoms with E-state index in [2.05, 4.69) is 16.4 Å². The molecule has 4 rings (SSSR count). The summed E-state index contributed by atoms with van der Waals surface area (Å²) in [5.41, 5.74) is 5.98. The van der Waals surface area contributed by atoms with Crippen molar-refractivity contribution in [2.45, 2.75) is 39.8 Å². The highest BCUT2D eigenvalue weighted by Gasteiger charge is 2.41. The molecule has 0 saturated carbocycles. The summed E-state index contributed by atoms with van der Waals surface area (Å²) in [7, 11) is 1.56. The van der Waals surface area contributed by atoms with Crippen LogP contribution in [0, 0.1) is 13.8 Å². The van der Waals surface area contributed by atoms with Crippen LogP contribution in [0.3, 0.4) is 0 Å². The zero-order valence-corrected chi connectivity index (χ0v) is 21.7. The van der Waals surface area contributed by atoms with Gasteiger partial charge >= 0.3 is 5.97 Å². The predicted octanol–water partition coefficient (Wildman–Crippen LogP) is 4.17. The molecular weight excluding hydrogens is 476 g/mol. The van der Waals surface area contributed by atoms with Gasteiger partial charge in [0.25, 0.3) is 0 Å². The Morgan fingerprint density at radius 1 is 1.11 bits per heavy atom. The molecule has 0 fully saturated rings. The number of esters is 1. The molecule has 0 unspecified atom stereocenters. The fraction of sp³-hybridized carbons (Fsp3) is 0.333. The molecule has 2 aliphatic heterocycles. The van der Waals surface area contributed by atoms with Gasteiger partial charge in [0.2, 0.25) is 5.91 Å². The summed E-state index contributed by atoms with van der Waals surface area (Å²) in [4.78, 5) is 36.9. The van der Waals surface area contributed by atoms with Crippen LogP contribution in [0.2, 0.25) is 0 Å². The maximum atomic E-state index is 13.3. The third-order valence-electron chi connectivity index (χ3n) is 6.04. The SMILES string of the molecule is COCCOC(=O)C1=C(C)N=C2SC=C(CC(=O)NCc3ccncc3)N2[C@H]1c1ccc(C)cc1C. The second kappa shape index (κ2) is 11.5. The van der Waals surface area contributed by atoms with Crippen molar-refractivity contribution in [2.75, 3.05) is 20.3 Å². The number of nitrogens with one attached hydrogen (secondary N) is 1. The van der Waals surface area contributed by atoms with Gasteiger partial charge in [-0.05, 0) is 55.0 Å². The molecule has 0 bridgehead atoms. The Morgan fingerprint density at radius 3 is 2.61 bits per heavy atom. The number of rotatable bonds is 9. The van der Waals surface area contributed by atoms with Crippen molar-refractivity contribution in [3.63, 3.8) is 0 Å². The van der Waals surface area contributed by atoms with E-state index in [1.54, 1.807) is 19.5 Å². The number of hydrogen-bond acceptors (Lipinski definition) is 8. The van der Waals surface area contributed by atoms with Gasteiger partial charge in [0.05, 0.1) is 30.3 Å². The Kier molecular flexibility index (Phi) is 8.22. The molecule has 2 aliphatic rings. The molecule has 3 heterocycles. The van der Waals surface area contributed by atoms with Gasteiger partial charge < -0.3 is 19.7 Å². The topological polar surface area (TPSA) is 93.1 Å². The molecule has 8 nitrogen and oxygen atoms in total. The van der Waals surface area contributed by atoms with E-state index >= 15 is 0 Å². The van der Waals surface area contributed by atoms with E-state index in [0.717, 1.165) is 33.1 Å². The van der Waals surface area contributed by atoms with E-state index < -0.39 is 12.0 Å². The van der Waals surface area contributed by atoms with Gasteiger partial charge in [0.15, 0.2) is 5.17 Å². The molecule has 1 N–H and O–H groups in total. The van der Waals surface area contributed by atoms with E-state index in [-0.39, 0.29) is 18.9 Å². The second-order valence-electron chi connectivity index (χ2n) is 8.69. The fourth-order valence-corrected chi connectivity index (χ4v) is 5.25. The van der Waals surface area contributed by atoms with Crippen molar-refractivity contribution in [1.82, 2.24) is 15.2 Å². The lowest BCUT2D eigenvalue weighted by Crippen LogP contribution is -2.38. The standard InChI is InChI=1S/C27H30N4O4S/c1-17-5-6-22(18(2)13-17)25-24(26(33)35-12-11-34-4)19(3)30-27-31(25)21(16-36-27)14-23(32)29-15-20-7-9-28-10-8-20/h5-10,13,16,25H,11-12,14-15H2,1-4H3,(H,29,32)/t25-/m0/s1. The number of methoxy groups -OCH3 is 1. The number of hydrogen-bond donors (Lipinski definition) is 1. The van der Waals surface area contributed by atoms with Crippen LogP contribution >= 0.6 is 11.8 Å². The molecule has 1 aromatic heterocycles. The number of amidine groups is 1. The molecule has 0 aliphatic carbocycles. The van der Waals surface area contributed by atoms with E-state index in [4.69, 9.17) is 14.5 Å². The number of aliphatic imine (C=N–C) groups is 1. The number of nitrogens with zero attached hydrogens (tertiary/aromatic N) is 3. The van der Waals surface area contributed by atoms with Gasteiger partial charge in [-0.2, -0.15) is 0 Å². The van der Waals surface area contributed by atoms with Crippen LogP contribution in [0.5, 0.6) is 0 Å². The molecule has 1 amide bonds. The van der Waals surface area contributed by atoms with Crippen LogP contribution in [0.25, 0.3) is 0 Å². The van der Waals surface area contributed by atoms with E-state index in [9.17, 15) is 9.59 Å². The third kappa shape index (κ3) is 5.68. The van der Waals surface area contributed by atoms with Crippen LogP contribution in [-0.4, -0.2) is 47.3 Å². The Bertz CT molecular complexity index is 1240. The number of aryl methyl sites for hydroxylation is 2. The Balaban J connectivity index is 1.62. The van der Waals surface area contributed by atoms with Crippen LogP contribution < -0.4 is 5.32 Å². The van der Waals surface area contributed by atoms with Gasteiger partial charge in [0, 0.05) is 31.7 Å². The first-order valence-corrected chi connectivity index (χ1v) is 12.6. The Labute approximate surface area is 215 Å². The first-order chi connectivity index (χ1) is 17.4. The highest BCUT2D eigenvalue weighted by atomic mass is 32.2. The summed E-state index contributed by atoms with van der Waals surface area (Å²) in [6.45, 7) is 6.77. The van der Waals surface area contributed by atoms with Gasteiger partial charge in [-0.25, -0.2) is 9.79 Å². The van der Waals surface area contributed by atoms with Gasteiger partial charge in [-0.15, -0.1) is 0 Å². The number of thioether (sulfide) groups is 1. The third-order valence-corrected chi connectivity index (χ3v) is 6.93. The van der Waals surface area contributed by atoms with Crippen molar-refractivity contribution in [2.24, 2.45) is 4.99 Å². The number of benzene rings is 1. The van der Waals surface area contributed by atoms with Crippen molar-refractivity contribution >= 4 is 28.8 Å². The number of carbonyl (C=O) groups excluding carboxylic acids is 2. The number of pyridine rings is 1. The zero-order valence-electron chi connectivity index (χ0n) is 20.9. The Hall–Kier alpha value is -3.43. The van der Waals surface area contributed by atoms with Crippen molar-refractivity contribution in [3.05, 3.63) is 87.4 Å².